The van der Waals surface area contributed by atoms with E-state index in [0.29, 0.717) is 32.8 Å². The molecule has 1 unspecified atom stereocenters. The third-order valence-electron chi connectivity index (χ3n) is 10.3. The summed E-state index contributed by atoms with van der Waals surface area (Å²) in [7, 11) is 0. The van der Waals surface area contributed by atoms with Crippen molar-refractivity contribution in [3.8, 4) is 5.75 Å². The highest BCUT2D eigenvalue weighted by molar-refractivity contribution is 5.85. The highest BCUT2D eigenvalue weighted by Gasteiger charge is 2.17. The highest BCUT2D eigenvalue weighted by Crippen LogP contribution is 2.16. The number of hydrogen-bond acceptors (Lipinski definition) is 5. The smallest absolute Gasteiger partial charge is 0.237 e. The molecule has 0 saturated heterocycles. The van der Waals surface area contributed by atoms with Crippen LogP contribution >= 0.6 is 12.4 Å². The first-order valence-electron chi connectivity index (χ1n) is 22.1. The van der Waals surface area contributed by atoms with Crippen molar-refractivity contribution in [1.82, 2.24) is 5.32 Å². The van der Waals surface area contributed by atoms with Crippen LogP contribution in [0, 0.1) is 0 Å². The number of benzene rings is 2. The highest BCUT2D eigenvalue weighted by atomic mass is 35.5. The van der Waals surface area contributed by atoms with Gasteiger partial charge in [0.15, 0.2) is 0 Å². The van der Waals surface area contributed by atoms with Crippen LogP contribution in [-0.4, -0.2) is 44.4 Å². The molecule has 0 heterocycles. The van der Waals surface area contributed by atoms with Gasteiger partial charge in [0.25, 0.3) is 0 Å². The summed E-state index contributed by atoms with van der Waals surface area (Å²) in [5.41, 5.74) is 8.48. The third-order valence-corrected chi connectivity index (χ3v) is 10.3. The quantitative estimate of drug-likeness (QED) is 0.0668. The Kier molecular flexibility index (Phi) is 33.7. The molecule has 0 fully saturated rings. The summed E-state index contributed by atoms with van der Waals surface area (Å²) in [5, 5.41) is 3.06. The molecule has 0 radical (unpaired) electrons. The van der Waals surface area contributed by atoms with Gasteiger partial charge in [0, 0.05) is 19.8 Å². The summed E-state index contributed by atoms with van der Waals surface area (Å²) in [6, 6.07) is 17.3. The largest absolute Gasteiger partial charge is 0.489 e. The summed E-state index contributed by atoms with van der Waals surface area (Å²) < 4.78 is 18.3. The minimum atomic E-state index is -0.634. The van der Waals surface area contributed by atoms with Crippen LogP contribution in [0.15, 0.2) is 54.6 Å². The monoisotopic (exact) mass is 773 g/mol. The van der Waals surface area contributed by atoms with Crippen molar-refractivity contribution in [1.29, 1.82) is 0 Å². The Hall–Kier alpha value is -2.12. The molecule has 2 aromatic rings. The minimum Gasteiger partial charge on any atom is -0.489 e. The molecule has 0 aliphatic heterocycles. The lowest BCUT2D eigenvalue weighted by Crippen LogP contribution is -2.45. The molecule has 6 nitrogen and oxygen atoms in total. The zero-order valence-corrected chi connectivity index (χ0v) is 35.5. The van der Waals surface area contributed by atoms with Gasteiger partial charge in [-0.25, -0.2) is 0 Å². The van der Waals surface area contributed by atoms with Gasteiger partial charge in [-0.3, -0.25) is 4.79 Å². The molecule has 2 atom stereocenters. The fourth-order valence-corrected chi connectivity index (χ4v) is 6.77. The van der Waals surface area contributed by atoms with E-state index in [1.807, 2.05) is 54.6 Å². The number of ether oxygens (including phenoxy) is 3. The molecule has 0 bridgehead atoms. The topological polar surface area (TPSA) is 82.8 Å². The fraction of sp³-hybridized carbons (Fsp3) is 0.723. The van der Waals surface area contributed by atoms with Gasteiger partial charge in [-0.1, -0.05) is 198 Å². The number of unbranched alkanes of at least 4 members (excludes halogenated alkanes) is 22. The van der Waals surface area contributed by atoms with Crippen molar-refractivity contribution in [3.05, 3.63) is 65.7 Å². The van der Waals surface area contributed by atoms with E-state index in [1.54, 1.807) is 0 Å². The average Bonchev–Trinajstić information content (AvgIpc) is 3.18. The molecule has 2 rings (SSSR count). The van der Waals surface area contributed by atoms with Gasteiger partial charge in [-0.2, -0.15) is 0 Å². The van der Waals surface area contributed by atoms with Crippen LogP contribution in [-0.2, 0) is 27.3 Å². The van der Waals surface area contributed by atoms with Crippen molar-refractivity contribution < 1.29 is 19.0 Å². The molecule has 2 aromatic carbocycles. The number of carbonyl (C=O) groups is 1. The maximum absolute atomic E-state index is 13.0. The second kappa shape index (κ2) is 36.5. The van der Waals surface area contributed by atoms with Gasteiger partial charge in [0.1, 0.15) is 12.4 Å². The van der Waals surface area contributed by atoms with E-state index in [0.717, 1.165) is 36.3 Å². The summed E-state index contributed by atoms with van der Waals surface area (Å²) >= 11 is 0. The van der Waals surface area contributed by atoms with Crippen LogP contribution in [0.25, 0.3) is 0 Å². The first-order chi connectivity index (χ1) is 26.1. The molecule has 310 valence electrons. The molecule has 3 N–H and O–H groups in total. The number of carbonyl (C=O) groups excluding carboxylic acids is 1. The van der Waals surface area contributed by atoms with Crippen LogP contribution in [0.4, 0.5) is 0 Å². The second-order valence-electron chi connectivity index (χ2n) is 15.3. The van der Waals surface area contributed by atoms with Crippen molar-refractivity contribution in [2.75, 3.05) is 26.4 Å². The molecule has 7 heteroatoms. The molecule has 0 aliphatic carbocycles. The van der Waals surface area contributed by atoms with Crippen LogP contribution in [0.1, 0.15) is 179 Å². The predicted octanol–water partition coefficient (Wildman–Crippen LogP) is 12.5. The van der Waals surface area contributed by atoms with Gasteiger partial charge < -0.3 is 25.3 Å². The second-order valence-corrected chi connectivity index (χ2v) is 15.3. The first-order valence-corrected chi connectivity index (χ1v) is 22.1. The van der Waals surface area contributed by atoms with E-state index in [9.17, 15) is 4.79 Å². The van der Waals surface area contributed by atoms with Crippen molar-refractivity contribution in [2.24, 2.45) is 5.73 Å². The Balaban J connectivity index is 0.0000146. The Morgan fingerprint density at radius 1 is 0.593 bits per heavy atom. The van der Waals surface area contributed by atoms with Crippen LogP contribution < -0.4 is 15.8 Å². The van der Waals surface area contributed by atoms with Gasteiger partial charge in [0.2, 0.25) is 5.91 Å². The predicted molar refractivity (Wildman–Crippen MR) is 232 cm³/mol. The van der Waals surface area contributed by atoms with Crippen LogP contribution in [0.5, 0.6) is 5.75 Å². The normalized spacial score (nSPS) is 12.3. The lowest BCUT2D eigenvalue weighted by atomic mass is 10.1. The Morgan fingerprint density at radius 2 is 1.06 bits per heavy atom. The molecule has 1 amide bonds. The molecular formula is C47H81ClN2O4. The first kappa shape index (κ1) is 49.9. The SMILES string of the molecule is CCCCCCCCCCCCCCOCC(CNC(=O)[C@@H](N)Cc1ccc(OCc2ccccc2)cc1)OCCCCCCCCCCCCCC.Cl. The van der Waals surface area contributed by atoms with Gasteiger partial charge >= 0.3 is 0 Å². The molecule has 0 aromatic heterocycles. The molecular weight excluding hydrogens is 692 g/mol. The Labute approximate surface area is 338 Å². The van der Waals surface area contributed by atoms with Gasteiger partial charge in [0.05, 0.1) is 18.8 Å². The van der Waals surface area contributed by atoms with E-state index in [4.69, 9.17) is 19.9 Å². The summed E-state index contributed by atoms with van der Waals surface area (Å²) in [6.45, 7) is 7.43. The van der Waals surface area contributed by atoms with E-state index in [2.05, 4.69) is 19.2 Å². The fourth-order valence-electron chi connectivity index (χ4n) is 6.77. The van der Waals surface area contributed by atoms with Crippen molar-refractivity contribution >= 4 is 18.3 Å². The van der Waals surface area contributed by atoms with Gasteiger partial charge in [-0.05, 0) is 42.5 Å². The number of nitrogens with one attached hydrogen (secondary N) is 1. The van der Waals surface area contributed by atoms with E-state index < -0.39 is 6.04 Å². The Bertz CT molecular complexity index is 1090. The standard InChI is InChI=1S/C47H80N2O4.ClH/c1-3-5-7-9-11-13-15-17-19-21-23-28-36-51-41-45(52-37-29-24-22-20-18-16-14-12-10-8-6-4-2)39-49-47(50)46(48)38-42-32-34-44(35-33-42)53-40-43-30-26-25-27-31-43;/h25-27,30-35,45-46H,3-24,28-29,36-41,48H2,1-2H3,(H,49,50);1H/t45?,46-;/m0./s1. The van der Waals surface area contributed by atoms with Crippen molar-refractivity contribution in [2.45, 2.75) is 193 Å². The Morgan fingerprint density at radius 3 is 1.56 bits per heavy atom. The molecule has 0 spiro atoms. The van der Waals surface area contributed by atoms with Gasteiger partial charge in [-0.15, -0.1) is 12.4 Å². The van der Waals surface area contributed by atoms with Crippen LogP contribution in [0.2, 0.25) is 0 Å². The van der Waals surface area contributed by atoms with E-state index in [1.165, 1.54) is 141 Å². The zero-order chi connectivity index (χ0) is 37.9. The number of hydrogen-bond donors (Lipinski definition) is 2. The third kappa shape index (κ3) is 28.3. The lowest BCUT2D eigenvalue weighted by Gasteiger charge is -2.20. The van der Waals surface area contributed by atoms with Crippen LogP contribution in [0.3, 0.4) is 0 Å². The summed E-state index contributed by atoms with van der Waals surface area (Å²) in [6.07, 6.45) is 32.1. The van der Waals surface area contributed by atoms with E-state index in [-0.39, 0.29) is 24.4 Å². The maximum atomic E-state index is 13.0. The number of halogens is 1. The average molecular weight is 774 g/mol. The molecule has 54 heavy (non-hydrogen) atoms. The maximum Gasteiger partial charge on any atom is 0.237 e. The number of amides is 1. The summed E-state index contributed by atoms with van der Waals surface area (Å²) in [4.78, 5) is 13.0. The van der Waals surface area contributed by atoms with Crippen molar-refractivity contribution in [3.63, 3.8) is 0 Å². The summed E-state index contributed by atoms with van der Waals surface area (Å²) in [5.74, 6) is 0.640. The van der Waals surface area contributed by atoms with E-state index >= 15 is 0 Å². The molecule has 0 aliphatic rings. The number of rotatable bonds is 37. The zero-order valence-electron chi connectivity index (χ0n) is 34.7. The molecule has 0 saturated carbocycles. The lowest BCUT2D eigenvalue weighted by molar-refractivity contribution is -0.123. The number of nitrogens with two attached hydrogens (primary N) is 1. The minimum absolute atomic E-state index is 0.